The third kappa shape index (κ3) is 4.87. The van der Waals surface area contributed by atoms with E-state index in [1.165, 1.54) is 77.3 Å². The fraction of sp³-hybridized carbons (Fsp3) is 0.238. The molecule has 0 amide bonds. The summed E-state index contributed by atoms with van der Waals surface area (Å²) in [6, 6.07) is 35.4. The molecule has 0 aliphatic carbocycles. The molecule has 3 nitrogen and oxygen atoms in total. The van der Waals surface area contributed by atoms with Crippen LogP contribution in [0.4, 0.5) is 0 Å². The summed E-state index contributed by atoms with van der Waals surface area (Å²) in [7, 11) is 2.22. The zero-order valence-corrected chi connectivity index (χ0v) is 29.0. The maximum Gasteiger partial charge on any atom is 0.296 e. The van der Waals surface area contributed by atoms with Crippen LogP contribution in [0.3, 0.4) is 0 Å². The molecular formula is C42H42N3S+. The van der Waals surface area contributed by atoms with E-state index in [-0.39, 0.29) is 0 Å². The quantitative estimate of drug-likeness (QED) is 0.170. The minimum Gasteiger partial charge on any atom is -0.236 e. The van der Waals surface area contributed by atoms with Gasteiger partial charge < -0.3 is 0 Å². The smallest absolute Gasteiger partial charge is 0.236 e. The van der Waals surface area contributed by atoms with Gasteiger partial charge in [-0.05, 0) is 78.6 Å². The molecule has 0 spiro atoms. The molecule has 0 saturated heterocycles. The molecule has 0 fully saturated rings. The zero-order chi connectivity index (χ0) is 32.3. The Balaban J connectivity index is 1.52. The summed E-state index contributed by atoms with van der Waals surface area (Å²) in [5.41, 5.74) is 16.3. The van der Waals surface area contributed by atoms with Crippen molar-refractivity contribution in [1.82, 2.24) is 9.55 Å². The summed E-state index contributed by atoms with van der Waals surface area (Å²) in [5, 5.41) is 1.08. The summed E-state index contributed by atoms with van der Waals surface area (Å²) >= 11 is 1.82. The van der Waals surface area contributed by atoms with Crippen LogP contribution in [0.15, 0.2) is 97.1 Å². The van der Waals surface area contributed by atoms with E-state index in [0.717, 1.165) is 10.5 Å². The van der Waals surface area contributed by atoms with E-state index < -0.39 is 0 Å². The molecule has 0 aliphatic heterocycles. The monoisotopic (exact) mass is 620 g/mol. The Bertz CT molecular complexity index is 2200. The molecule has 4 heteroatoms. The molecule has 46 heavy (non-hydrogen) atoms. The number of aromatic nitrogens is 3. The zero-order valence-electron chi connectivity index (χ0n) is 28.1. The number of fused-ring (bicyclic) bond motifs is 2. The number of thiazole rings is 1. The summed E-state index contributed by atoms with van der Waals surface area (Å²) in [6.45, 7) is 15.9. The highest BCUT2D eigenvalue weighted by atomic mass is 32.1. The van der Waals surface area contributed by atoms with Crippen molar-refractivity contribution in [1.29, 1.82) is 0 Å². The van der Waals surface area contributed by atoms with Crippen LogP contribution in [0.2, 0.25) is 0 Å². The van der Waals surface area contributed by atoms with E-state index >= 15 is 0 Å². The fourth-order valence-corrected chi connectivity index (χ4v) is 8.50. The first-order chi connectivity index (χ1) is 22.2. The standard InChI is InChI=1S/C42H42N3S/c1-25(2)32-17-14-18-33(26(3)4)39(32)45-36-20-13-12-19-35(36)44(8)42(45)38-27(5)21-22-34-40(38)46-41(43-34)37-28(6)23-31(24-29(37)7)30-15-10-9-11-16-30/h9-26H,1-8H3/q+1. The van der Waals surface area contributed by atoms with Gasteiger partial charge in [0, 0.05) is 16.7 Å². The second-order valence-electron chi connectivity index (χ2n) is 13.3. The van der Waals surface area contributed by atoms with Crippen molar-refractivity contribution >= 4 is 32.6 Å². The highest BCUT2D eigenvalue weighted by Gasteiger charge is 2.33. The van der Waals surface area contributed by atoms with Gasteiger partial charge in [-0.15, -0.1) is 11.3 Å². The highest BCUT2D eigenvalue weighted by Crippen LogP contribution is 2.43. The second-order valence-corrected chi connectivity index (χ2v) is 14.3. The van der Waals surface area contributed by atoms with Gasteiger partial charge in [0.1, 0.15) is 10.7 Å². The molecule has 2 aromatic heterocycles. The molecule has 0 radical (unpaired) electrons. The van der Waals surface area contributed by atoms with Gasteiger partial charge in [0.25, 0.3) is 5.82 Å². The second kappa shape index (κ2) is 11.7. The molecule has 7 rings (SSSR count). The van der Waals surface area contributed by atoms with Crippen LogP contribution in [0.25, 0.3) is 60.0 Å². The maximum absolute atomic E-state index is 5.31. The molecular weight excluding hydrogens is 579 g/mol. The van der Waals surface area contributed by atoms with Gasteiger partial charge in [-0.25, -0.2) is 9.55 Å². The van der Waals surface area contributed by atoms with Crippen LogP contribution in [0, 0.1) is 20.8 Å². The normalized spacial score (nSPS) is 11.9. The maximum atomic E-state index is 5.31. The number of imidazole rings is 1. The fourth-order valence-electron chi connectivity index (χ4n) is 7.16. The molecule has 0 N–H and O–H groups in total. The summed E-state index contributed by atoms with van der Waals surface area (Å²) in [5.74, 6) is 1.96. The van der Waals surface area contributed by atoms with Crippen molar-refractivity contribution in [3.8, 4) is 38.8 Å². The van der Waals surface area contributed by atoms with E-state index in [1.54, 1.807) is 0 Å². The minimum atomic E-state index is 0.379. The Morgan fingerprint density at radius 2 is 1.28 bits per heavy atom. The lowest BCUT2D eigenvalue weighted by Crippen LogP contribution is -2.30. The molecule has 5 aromatic carbocycles. The highest BCUT2D eigenvalue weighted by molar-refractivity contribution is 7.22. The number of aryl methyl sites for hydroxylation is 4. The molecule has 0 unspecified atom stereocenters. The van der Waals surface area contributed by atoms with E-state index in [1.807, 2.05) is 11.3 Å². The molecule has 0 aliphatic rings. The van der Waals surface area contributed by atoms with Gasteiger partial charge in [0.05, 0.1) is 22.8 Å². The number of benzene rings is 5. The van der Waals surface area contributed by atoms with E-state index in [2.05, 4.69) is 162 Å². The summed E-state index contributed by atoms with van der Waals surface area (Å²) in [4.78, 5) is 5.31. The van der Waals surface area contributed by atoms with Crippen LogP contribution < -0.4 is 4.57 Å². The molecule has 0 saturated carbocycles. The third-order valence-corrected chi connectivity index (χ3v) is 10.5. The van der Waals surface area contributed by atoms with Gasteiger partial charge in [0.2, 0.25) is 0 Å². The SMILES string of the molecule is Cc1cc(-c2ccccc2)cc(C)c1-c1nc2ccc(C)c(-c3n(-c4c(C(C)C)cccc4C(C)C)c4ccccc4[n+]3C)c2s1. The Morgan fingerprint density at radius 3 is 1.93 bits per heavy atom. The van der Waals surface area contributed by atoms with Gasteiger partial charge in [-0.2, -0.15) is 4.57 Å². The number of hydrogen-bond donors (Lipinski definition) is 0. The Hall–Kier alpha value is -4.54. The van der Waals surface area contributed by atoms with Crippen molar-refractivity contribution in [3.63, 3.8) is 0 Å². The average molecular weight is 621 g/mol. The molecule has 0 atom stereocenters. The van der Waals surface area contributed by atoms with Crippen molar-refractivity contribution < 1.29 is 4.57 Å². The van der Waals surface area contributed by atoms with E-state index in [0.29, 0.717) is 11.8 Å². The molecule has 0 bridgehead atoms. The average Bonchev–Trinajstić information content (AvgIpc) is 3.59. The first-order valence-corrected chi connectivity index (χ1v) is 17.2. The van der Waals surface area contributed by atoms with E-state index in [9.17, 15) is 0 Å². The number of hydrogen-bond acceptors (Lipinski definition) is 2. The van der Waals surface area contributed by atoms with Crippen LogP contribution in [0.5, 0.6) is 0 Å². The lowest BCUT2D eigenvalue weighted by molar-refractivity contribution is -0.633. The van der Waals surface area contributed by atoms with Crippen molar-refractivity contribution in [3.05, 3.63) is 125 Å². The first-order valence-electron chi connectivity index (χ1n) is 16.4. The largest absolute Gasteiger partial charge is 0.296 e. The van der Waals surface area contributed by atoms with Crippen molar-refractivity contribution in [2.45, 2.75) is 60.3 Å². The first kappa shape index (κ1) is 30.1. The van der Waals surface area contributed by atoms with Crippen molar-refractivity contribution in [2.24, 2.45) is 7.05 Å². The van der Waals surface area contributed by atoms with Gasteiger partial charge in [-0.1, -0.05) is 107 Å². The van der Waals surface area contributed by atoms with Gasteiger partial charge in [-0.3, -0.25) is 0 Å². The number of para-hydroxylation sites is 3. The van der Waals surface area contributed by atoms with Gasteiger partial charge >= 0.3 is 0 Å². The van der Waals surface area contributed by atoms with Gasteiger partial charge in [0.15, 0.2) is 11.0 Å². The summed E-state index contributed by atoms with van der Waals surface area (Å²) < 4.78 is 6.17. The predicted octanol–water partition coefficient (Wildman–Crippen LogP) is 11.2. The third-order valence-electron chi connectivity index (χ3n) is 9.42. The van der Waals surface area contributed by atoms with Crippen LogP contribution in [0.1, 0.15) is 67.3 Å². The van der Waals surface area contributed by atoms with Crippen LogP contribution in [-0.4, -0.2) is 9.55 Å². The topological polar surface area (TPSA) is 21.7 Å². The van der Waals surface area contributed by atoms with Crippen molar-refractivity contribution in [2.75, 3.05) is 0 Å². The Morgan fingerprint density at radius 1 is 0.652 bits per heavy atom. The van der Waals surface area contributed by atoms with Crippen LogP contribution >= 0.6 is 11.3 Å². The Kier molecular flexibility index (Phi) is 7.65. The minimum absolute atomic E-state index is 0.379. The van der Waals surface area contributed by atoms with Crippen LogP contribution in [-0.2, 0) is 7.05 Å². The summed E-state index contributed by atoms with van der Waals surface area (Å²) in [6.07, 6.45) is 0. The lowest BCUT2D eigenvalue weighted by Gasteiger charge is -2.18. The lowest BCUT2D eigenvalue weighted by atomic mass is 9.92. The Labute approximate surface area is 276 Å². The molecule has 2 heterocycles. The molecule has 230 valence electrons. The number of rotatable bonds is 6. The number of nitrogens with zero attached hydrogens (tertiary/aromatic N) is 3. The molecule has 7 aromatic rings. The predicted molar refractivity (Wildman–Crippen MR) is 196 cm³/mol. The van der Waals surface area contributed by atoms with E-state index in [4.69, 9.17) is 4.98 Å².